The molecule has 2 saturated heterocycles. The van der Waals surface area contributed by atoms with Crippen molar-refractivity contribution in [2.24, 2.45) is 13.0 Å². The maximum atomic E-state index is 5.00. The lowest BCUT2D eigenvalue weighted by Gasteiger charge is -2.30. The predicted octanol–water partition coefficient (Wildman–Crippen LogP) is 4.01. The van der Waals surface area contributed by atoms with Gasteiger partial charge in [-0.1, -0.05) is 19.8 Å². The predicted molar refractivity (Wildman–Crippen MR) is 112 cm³/mol. The number of hydrogen-bond acceptors (Lipinski definition) is 4. The van der Waals surface area contributed by atoms with E-state index in [1.54, 1.807) is 0 Å². The van der Waals surface area contributed by atoms with E-state index in [0.717, 1.165) is 36.9 Å². The highest BCUT2D eigenvalue weighted by molar-refractivity contribution is 5.80. The zero-order chi connectivity index (χ0) is 18.6. The molecule has 5 heteroatoms. The Labute approximate surface area is 163 Å². The minimum absolute atomic E-state index is 0.856. The fourth-order valence-corrected chi connectivity index (χ4v) is 4.79. The van der Waals surface area contributed by atoms with Crippen molar-refractivity contribution in [1.82, 2.24) is 19.7 Å². The molecular weight excluding hydrogens is 334 g/mol. The Bertz CT molecular complexity index is 736. The van der Waals surface area contributed by atoms with E-state index >= 15 is 0 Å². The van der Waals surface area contributed by atoms with E-state index in [9.17, 15) is 0 Å². The van der Waals surface area contributed by atoms with E-state index < -0.39 is 0 Å². The molecule has 0 radical (unpaired) electrons. The average molecular weight is 370 g/mol. The first-order chi connectivity index (χ1) is 13.2. The summed E-state index contributed by atoms with van der Waals surface area (Å²) in [7, 11) is 2.05. The second-order valence-electron chi connectivity index (χ2n) is 8.43. The quantitative estimate of drug-likeness (QED) is 0.798. The molecule has 0 bridgehead atoms. The lowest BCUT2D eigenvalue weighted by atomic mass is 9.91. The number of anilines is 1. The summed E-state index contributed by atoms with van der Waals surface area (Å²) in [5.74, 6) is 1.99. The Balaban J connectivity index is 1.44. The van der Waals surface area contributed by atoms with Crippen molar-refractivity contribution in [3.8, 4) is 0 Å². The summed E-state index contributed by atoms with van der Waals surface area (Å²) in [4.78, 5) is 10.0. The van der Waals surface area contributed by atoms with Crippen LogP contribution >= 0.6 is 0 Å². The van der Waals surface area contributed by atoms with Gasteiger partial charge in [-0.25, -0.2) is 4.98 Å². The maximum absolute atomic E-state index is 5.00. The summed E-state index contributed by atoms with van der Waals surface area (Å²) in [6.45, 7) is 8.28. The first-order valence-corrected chi connectivity index (χ1v) is 11.0. The minimum atomic E-state index is 0.856. The van der Waals surface area contributed by atoms with Gasteiger partial charge in [0.2, 0.25) is 0 Å². The Hall–Kier alpha value is -1.62. The van der Waals surface area contributed by atoms with Crippen LogP contribution in [0.3, 0.4) is 0 Å². The molecule has 0 spiro atoms. The number of piperidine rings is 1. The zero-order valence-corrected chi connectivity index (χ0v) is 17.2. The number of pyridine rings is 1. The van der Waals surface area contributed by atoms with Crippen LogP contribution in [0.25, 0.3) is 11.0 Å². The van der Waals surface area contributed by atoms with Crippen LogP contribution in [0.4, 0.5) is 5.82 Å². The van der Waals surface area contributed by atoms with Gasteiger partial charge >= 0.3 is 0 Å². The van der Waals surface area contributed by atoms with E-state index in [0.29, 0.717) is 0 Å². The third kappa shape index (κ3) is 4.29. The second-order valence-corrected chi connectivity index (χ2v) is 8.43. The topological polar surface area (TPSA) is 37.2 Å². The van der Waals surface area contributed by atoms with Gasteiger partial charge in [0.15, 0.2) is 5.65 Å². The standard InChI is InChI=1S/C22H35N5/c1-3-26-16-12-18(13-17-26)8-10-20-19-9-11-21(23-22(19)25(2)24-20)27-14-6-4-5-7-15-27/h9,11,18H,3-8,10,12-17H2,1-2H3. The van der Waals surface area contributed by atoms with E-state index in [4.69, 9.17) is 10.1 Å². The average Bonchev–Trinajstić information content (AvgIpc) is 2.89. The van der Waals surface area contributed by atoms with Crippen molar-refractivity contribution in [2.45, 2.75) is 58.3 Å². The van der Waals surface area contributed by atoms with Crippen LogP contribution in [0, 0.1) is 5.92 Å². The highest BCUT2D eigenvalue weighted by Gasteiger charge is 2.20. The van der Waals surface area contributed by atoms with Gasteiger partial charge in [-0.3, -0.25) is 4.68 Å². The molecule has 5 nitrogen and oxygen atoms in total. The van der Waals surface area contributed by atoms with Gasteiger partial charge in [-0.15, -0.1) is 0 Å². The third-order valence-corrected chi connectivity index (χ3v) is 6.62. The normalized spacial score (nSPS) is 20.3. The Morgan fingerprint density at radius 2 is 1.74 bits per heavy atom. The number of hydrogen-bond donors (Lipinski definition) is 0. The second kappa shape index (κ2) is 8.59. The minimum Gasteiger partial charge on any atom is -0.357 e. The molecular formula is C22H35N5. The smallest absolute Gasteiger partial charge is 0.160 e. The molecule has 4 rings (SSSR count). The molecule has 0 N–H and O–H groups in total. The Morgan fingerprint density at radius 3 is 2.44 bits per heavy atom. The number of aromatic nitrogens is 3. The van der Waals surface area contributed by atoms with Gasteiger partial charge in [-0.05, 0) is 76.2 Å². The molecule has 2 aliphatic rings. The van der Waals surface area contributed by atoms with E-state index in [2.05, 4.69) is 28.9 Å². The summed E-state index contributed by atoms with van der Waals surface area (Å²) < 4.78 is 1.99. The van der Waals surface area contributed by atoms with Gasteiger partial charge in [0.25, 0.3) is 0 Å². The molecule has 2 aromatic heterocycles. The van der Waals surface area contributed by atoms with Gasteiger partial charge in [0, 0.05) is 25.5 Å². The van der Waals surface area contributed by atoms with Gasteiger partial charge in [0.1, 0.15) is 5.82 Å². The molecule has 4 heterocycles. The molecule has 0 saturated carbocycles. The molecule has 2 aromatic rings. The lowest BCUT2D eigenvalue weighted by molar-refractivity contribution is 0.187. The molecule has 2 fully saturated rings. The lowest BCUT2D eigenvalue weighted by Crippen LogP contribution is -2.33. The first kappa shape index (κ1) is 18.7. The van der Waals surface area contributed by atoms with Crippen LogP contribution in [-0.4, -0.2) is 52.4 Å². The number of nitrogens with zero attached hydrogens (tertiary/aromatic N) is 5. The number of fused-ring (bicyclic) bond motifs is 1. The van der Waals surface area contributed by atoms with Crippen LogP contribution in [0.1, 0.15) is 57.6 Å². The molecule has 0 amide bonds. The zero-order valence-electron chi connectivity index (χ0n) is 17.2. The van der Waals surface area contributed by atoms with Crippen LogP contribution in [0.2, 0.25) is 0 Å². The summed E-state index contributed by atoms with van der Waals surface area (Å²) >= 11 is 0. The largest absolute Gasteiger partial charge is 0.357 e. The molecule has 27 heavy (non-hydrogen) atoms. The molecule has 2 aliphatic heterocycles. The SMILES string of the molecule is CCN1CCC(CCc2nn(C)c3nc(N4CCCCCC4)ccc23)CC1. The highest BCUT2D eigenvalue weighted by Crippen LogP contribution is 2.26. The number of rotatable bonds is 5. The van der Waals surface area contributed by atoms with Gasteiger partial charge < -0.3 is 9.80 Å². The Morgan fingerprint density at radius 1 is 1.00 bits per heavy atom. The van der Waals surface area contributed by atoms with Gasteiger partial charge in [-0.2, -0.15) is 5.10 Å². The van der Waals surface area contributed by atoms with E-state index in [-0.39, 0.29) is 0 Å². The van der Waals surface area contributed by atoms with Crippen molar-refractivity contribution in [3.05, 3.63) is 17.8 Å². The molecule has 0 atom stereocenters. The maximum Gasteiger partial charge on any atom is 0.160 e. The summed E-state index contributed by atoms with van der Waals surface area (Å²) in [5, 5.41) is 6.09. The number of likely N-dealkylation sites (tertiary alicyclic amines) is 1. The molecule has 0 unspecified atom stereocenters. The van der Waals surface area contributed by atoms with Crippen LogP contribution < -0.4 is 4.90 Å². The first-order valence-electron chi connectivity index (χ1n) is 11.0. The molecule has 148 valence electrons. The number of aryl methyl sites for hydroxylation is 2. The van der Waals surface area contributed by atoms with E-state index in [1.807, 2.05) is 11.7 Å². The van der Waals surface area contributed by atoms with Crippen molar-refractivity contribution in [1.29, 1.82) is 0 Å². The van der Waals surface area contributed by atoms with Crippen LogP contribution in [0.15, 0.2) is 12.1 Å². The Kier molecular flexibility index (Phi) is 5.96. The van der Waals surface area contributed by atoms with Gasteiger partial charge in [0.05, 0.1) is 5.69 Å². The third-order valence-electron chi connectivity index (χ3n) is 6.62. The fourth-order valence-electron chi connectivity index (χ4n) is 4.79. The van der Waals surface area contributed by atoms with Crippen molar-refractivity contribution >= 4 is 16.9 Å². The summed E-state index contributed by atoms with van der Waals surface area (Å²) in [6.07, 6.45) is 10.3. The highest BCUT2D eigenvalue weighted by atomic mass is 15.3. The monoisotopic (exact) mass is 369 g/mol. The molecule has 0 aromatic carbocycles. The summed E-state index contributed by atoms with van der Waals surface area (Å²) in [5.41, 5.74) is 2.29. The van der Waals surface area contributed by atoms with Crippen molar-refractivity contribution in [2.75, 3.05) is 37.6 Å². The summed E-state index contributed by atoms with van der Waals surface area (Å²) in [6, 6.07) is 4.49. The fraction of sp³-hybridized carbons (Fsp3) is 0.727. The van der Waals surface area contributed by atoms with Crippen molar-refractivity contribution < 1.29 is 0 Å². The molecule has 0 aliphatic carbocycles. The van der Waals surface area contributed by atoms with Crippen LogP contribution in [0.5, 0.6) is 0 Å². The van der Waals surface area contributed by atoms with Crippen molar-refractivity contribution in [3.63, 3.8) is 0 Å². The van der Waals surface area contributed by atoms with E-state index in [1.165, 1.54) is 75.7 Å². The van der Waals surface area contributed by atoms with Crippen LogP contribution in [-0.2, 0) is 13.5 Å².